The van der Waals surface area contributed by atoms with Crippen molar-refractivity contribution in [2.45, 2.75) is 57.4 Å². The molecule has 1 saturated carbocycles. The molecule has 4 nitrogen and oxygen atoms in total. The van der Waals surface area contributed by atoms with E-state index in [2.05, 4.69) is 17.2 Å². The molecule has 1 unspecified atom stereocenters. The minimum Gasteiger partial charge on any atom is -0.481 e. The Kier molecular flexibility index (Phi) is 3.69. The second-order valence-electron chi connectivity index (χ2n) is 5.72. The van der Waals surface area contributed by atoms with E-state index in [1.807, 2.05) is 0 Å². The molecule has 2 heterocycles. The lowest BCUT2D eigenvalue weighted by molar-refractivity contribution is 0.346. The molecular weight excluding hydrogens is 238 g/mol. The molecule has 0 bridgehead atoms. The van der Waals surface area contributed by atoms with Gasteiger partial charge in [-0.15, -0.1) is 0 Å². The number of nitrogens with zero attached hydrogens (tertiary/aromatic N) is 2. The molecule has 1 N–H and O–H groups in total. The number of ether oxygens (including phenoxy) is 1. The minimum absolute atomic E-state index is 0.360. The maximum atomic E-state index is 5.55. The van der Waals surface area contributed by atoms with Crippen LogP contribution >= 0.6 is 0 Å². The van der Waals surface area contributed by atoms with Gasteiger partial charge in [0.15, 0.2) is 0 Å². The van der Waals surface area contributed by atoms with Crippen LogP contribution in [0.5, 0.6) is 5.88 Å². The number of rotatable bonds is 3. The van der Waals surface area contributed by atoms with Crippen LogP contribution in [0.3, 0.4) is 0 Å². The first-order chi connectivity index (χ1) is 9.29. The van der Waals surface area contributed by atoms with Crippen LogP contribution in [-0.4, -0.2) is 23.6 Å². The Morgan fingerprint density at radius 2 is 1.95 bits per heavy atom. The second-order valence-corrected chi connectivity index (χ2v) is 5.72. The summed E-state index contributed by atoms with van der Waals surface area (Å²) in [7, 11) is 1.72. The molecule has 1 aliphatic heterocycles. The van der Waals surface area contributed by atoms with Crippen molar-refractivity contribution in [3.63, 3.8) is 0 Å². The van der Waals surface area contributed by atoms with Crippen molar-refractivity contribution in [1.29, 1.82) is 0 Å². The third-order valence-electron chi connectivity index (χ3n) is 4.44. The Hall–Kier alpha value is -1.16. The van der Waals surface area contributed by atoms with Gasteiger partial charge in [-0.2, -0.15) is 4.98 Å². The van der Waals surface area contributed by atoms with E-state index in [1.165, 1.54) is 37.7 Å². The number of aromatic nitrogens is 2. The van der Waals surface area contributed by atoms with E-state index in [9.17, 15) is 0 Å². The Morgan fingerprint density at radius 3 is 2.53 bits per heavy atom. The average Bonchev–Trinajstić information content (AvgIpc) is 2.37. The largest absolute Gasteiger partial charge is 0.481 e. The fraction of sp³-hybridized carbons (Fsp3) is 0.733. The Balaban J connectivity index is 1.93. The zero-order chi connectivity index (χ0) is 13.2. The van der Waals surface area contributed by atoms with E-state index in [4.69, 9.17) is 9.72 Å². The first-order valence-corrected chi connectivity index (χ1v) is 7.45. The van der Waals surface area contributed by atoms with Gasteiger partial charge in [0, 0.05) is 17.7 Å². The Bertz CT molecular complexity index is 451. The quantitative estimate of drug-likeness (QED) is 0.909. The molecule has 1 atom stereocenters. The van der Waals surface area contributed by atoms with Crippen LogP contribution in [0, 0.1) is 6.92 Å². The van der Waals surface area contributed by atoms with Gasteiger partial charge in [-0.25, -0.2) is 4.98 Å². The SMILES string of the molecule is COc1nc(C2CCC2)nc(C)c1C1CCCCN1. The summed E-state index contributed by atoms with van der Waals surface area (Å²) in [6.07, 6.45) is 7.45. The highest BCUT2D eigenvalue weighted by atomic mass is 16.5. The molecule has 1 aromatic rings. The van der Waals surface area contributed by atoms with E-state index < -0.39 is 0 Å². The number of hydrogen-bond acceptors (Lipinski definition) is 4. The van der Waals surface area contributed by atoms with Gasteiger partial charge >= 0.3 is 0 Å². The molecule has 1 aliphatic carbocycles. The van der Waals surface area contributed by atoms with Crippen LogP contribution in [0.2, 0.25) is 0 Å². The predicted octanol–water partition coefficient (Wildman–Crippen LogP) is 2.88. The molecule has 3 rings (SSSR count). The third-order valence-corrected chi connectivity index (χ3v) is 4.44. The third kappa shape index (κ3) is 2.46. The molecule has 0 spiro atoms. The molecule has 0 amide bonds. The summed E-state index contributed by atoms with van der Waals surface area (Å²) in [6, 6.07) is 0.360. The van der Waals surface area contributed by atoms with Crippen molar-refractivity contribution in [3.8, 4) is 5.88 Å². The highest BCUT2D eigenvalue weighted by Gasteiger charge is 2.27. The topological polar surface area (TPSA) is 47.0 Å². The van der Waals surface area contributed by atoms with E-state index >= 15 is 0 Å². The summed E-state index contributed by atoms with van der Waals surface area (Å²) in [5.41, 5.74) is 2.26. The summed E-state index contributed by atoms with van der Waals surface area (Å²) >= 11 is 0. The highest BCUT2D eigenvalue weighted by Crippen LogP contribution is 2.37. The molecule has 2 aliphatic rings. The van der Waals surface area contributed by atoms with Gasteiger partial charge in [-0.3, -0.25) is 0 Å². The molecule has 19 heavy (non-hydrogen) atoms. The van der Waals surface area contributed by atoms with Crippen LogP contribution in [0.15, 0.2) is 0 Å². The standard InChI is InChI=1S/C15H23N3O/c1-10-13(12-8-3-4-9-16-12)15(19-2)18-14(17-10)11-6-5-7-11/h11-12,16H,3-9H2,1-2H3. The molecule has 0 radical (unpaired) electrons. The Morgan fingerprint density at radius 1 is 1.11 bits per heavy atom. The van der Waals surface area contributed by atoms with E-state index in [1.54, 1.807) is 7.11 Å². The van der Waals surface area contributed by atoms with Crippen LogP contribution < -0.4 is 10.1 Å². The van der Waals surface area contributed by atoms with E-state index in [0.717, 1.165) is 30.4 Å². The summed E-state index contributed by atoms with van der Waals surface area (Å²) in [5, 5.41) is 3.57. The van der Waals surface area contributed by atoms with Gasteiger partial charge in [0.25, 0.3) is 0 Å². The maximum absolute atomic E-state index is 5.55. The van der Waals surface area contributed by atoms with Crippen LogP contribution in [0.1, 0.15) is 67.6 Å². The monoisotopic (exact) mass is 261 g/mol. The number of nitrogens with one attached hydrogen (secondary N) is 1. The fourth-order valence-electron chi connectivity index (χ4n) is 3.08. The number of methoxy groups -OCH3 is 1. The smallest absolute Gasteiger partial charge is 0.221 e. The average molecular weight is 261 g/mol. The van der Waals surface area contributed by atoms with Crippen LogP contribution in [-0.2, 0) is 0 Å². The van der Waals surface area contributed by atoms with Crippen molar-refractivity contribution in [1.82, 2.24) is 15.3 Å². The van der Waals surface area contributed by atoms with E-state index in [0.29, 0.717) is 12.0 Å². The van der Waals surface area contributed by atoms with Gasteiger partial charge in [0.05, 0.1) is 12.7 Å². The molecule has 0 aromatic carbocycles. The van der Waals surface area contributed by atoms with Gasteiger partial charge in [0.2, 0.25) is 5.88 Å². The van der Waals surface area contributed by atoms with Crippen molar-refractivity contribution >= 4 is 0 Å². The molecule has 4 heteroatoms. The van der Waals surface area contributed by atoms with Crippen molar-refractivity contribution < 1.29 is 4.74 Å². The maximum Gasteiger partial charge on any atom is 0.221 e. The number of piperidine rings is 1. The fourth-order valence-corrected chi connectivity index (χ4v) is 3.08. The first-order valence-electron chi connectivity index (χ1n) is 7.45. The van der Waals surface area contributed by atoms with Gasteiger partial charge in [-0.1, -0.05) is 12.8 Å². The van der Waals surface area contributed by atoms with Gasteiger partial charge in [-0.05, 0) is 39.2 Å². The van der Waals surface area contributed by atoms with Crippen LogP contribution in [0.4, 0.5) is 0 Å². The normalized spacial score (nSPS) is 24.0. The second kappa shape index (κ2) is 5.45. The van der Waals surface area contributed by atoms with Gasteiger partial charge in [0.1, 0.15) is 5.82 Å². The zero-order valence-electron chi connectivity index (χ0n) is 11.9. The Labute approximate surface area is 115 Å². The lowest BCUT2D eigenvalue weighted by atomic mass is 9.84. The van der Waals surface area contributed by atoms with Crippen molar-refractivity contribution in [2.24, 2.45) is 0 Å². The van der Waals surface area contributed by atoms with E-state index in [-0.39, 0.29) is 0 Å². The highest BCUT2D eigenvalue weighted by molar-refractivity contribution is 5.34. The number of hydrogen-bond donors (Lipinski definition) is 1. The van der Waals surface area contributed by atoms with Crippen molar-refractivity contribution in [2.75, 3.05) is 13.7 Å². The molecule has 1 aromatic heterocycles. The zero-order valence-corrected chi connectivity index (χ0v) is 11.9. The molecule has 1 saturated heterocycles. The lowest BCUT2D eigenvalue weighted by Gasteiger charge is -2.28. The van der Waals surface area contributed by atoms with Crippen molar-refractivity contribution in [3.05, 3.63) is 17.1 Å². The summed E-state index contributed by atoms with van der Waals surface area (Å²) in [5.74, 6) is 2.33. The minimum atomic E-state index is 0.360. The van der Waals surface area contributed by atoms with Gasteiger partial charge < -0.3 is 10.1 Å². The van der Waals surface area contributed by atoms with Crippen LogP contribution in [0.25, 0.3) is 0 Å². The summed E-state index contributed by atoms with van der Waals surface area (Å²) in [6.45, 7) is 3.18. The predicted molar refractivity (Wildman–Crippen MR) is 74.5 cm³/mol. The first kappa shape index (κ1) is 12.9. The molecule has 104 valence electrons. The number of aryl methyl sites for hydroxylation is 1. The molecule has 2 fully saturated rings. The molecular formula is C15H23N3O. The summed E-state index contributed by atoms with van der Waals surface area (Å²) in [4.78, 5) is 9.42. The summed E-state index contributed by atoms with van der Waals surface area (Å²) < 4.78 is 5.55. The lowest BCUT2D eigenvalue weighted by Crippen LogP contribution is -2.28.